The lowest BCUT2D eigenvalue weighted by molar-refractivity contribution is 0.0941. The van der Waals surface area contributed by atoms with E-state index in [0.717, 1.165) is 12.8 Å². The highest BCUT2D eigenvalue weighted by Gasteiger charge is 2.25. The molecule has 0 radical (unpaired) electrons. The van der Waals surface area contributed by atoms with Gasteiger partial charge in [-0.15, -0.1) is 0 Å². The summed E-state index contributed by atoms with van der Waals surface area (Å²) in [5, 5.41) is 3.05. The summed E-state index contributed by atoms with van der Waals surface area (Å²) >= 11 is 0. The predicted octanol–water partition coefficient (Wildman–Crippen LogP) is 5.05. The van der Waals surface area contributed by atoms with Crippen LogP contribution in [0.1, 0.15) is 29.3 Å². The van der Waals surface area contributed by atoms with Gasteiger partial charge < -0.3 is 11.1 Å². The number of hydrogen-bond acceptors (Lipinski definition) is 4. The standard InChI is InChI=1S/C27H24FN5O/c1-17(14-15-18-8-3-2-4-9-18)30-27(34)23-24-26(32-22-13-6-5-12-21(22)31-24)33(25(23)29)20-11-7-10-19(28)16-20/h2-13,16-17H,14-15,29H2,1H3,(H,30,34)/t17-/m1/s1. The molecule has 5 rings (SSSR count). The van der Waals surface area contributed by atoms with Crippen molar-refractivity contribution in [1.82, 2.24) is 19.9 Å². The molecule has 3 aromatic carbocycles. The first kappa shape index (κ1) is 21.6. The van der Waals surface area contributed by atoms with Crippen LogP contribution in [0.15, 0.2) is 78.9 Å². The fourth-order valence-corrected chi connectivity index (χ4v) is 4.16. The fraction of sp³-hybridized carbons (Fsp3) is 0.148. The van der Waals surface area contributed by atoms with Crippen molar-refractivity contribution in [2.75, 3.05) is 5.73 Å². The highest BCUT2D eigenvalue weighted by Crippen LogP contribution is 2.31. The molecule has 0 fully saturated rings. The Morgan fingerprint density at radius 1 is 1.00 bits per heavy atom. The number of nitrogens with one attached hydrogen (secondary N) is 1. The quantitative estimate of drug-likeness (QED) is 0.377. The Morgan fingerprint density at radius 2 is 1.71 bits per heavy atom. The molecule has 2 heterocycles. The summed E-state index contributed by atoms with van der Waals surface area (Å²) in [6.45, 7) is 1.96. The number of amides is 1. The topological polar surface area (TPSA) is 85.8 Å². The average molecular weight is 454 g/mol. The molecule has 2 aromatic heterocycles. The molecule has 0 saturated carbocycles. The number of nitrogens with zero attached hydrogens (tertiary/aromatic N) is 3. The average Bonchev–Trinajstić information content (AvgIpc) is 3.12. The molecule has 1 amide bonds. The highest BCUT2D eigenvalue weighted by molar-refractivity contribution is 6.11. The molecule has 0 aliphatic carbocycles. The van der Waals surface area contributed by atoms with Gasteiger partial charge in [0.1, 0.15) is 22.7 Å². The molecule has 5 aromatic rings. The number of carbonyl (C=O) groups is 1. The van der Waals surface area contributed by atoms with Crippen molar-refractivity contribution in [3.8, 4) is 5.69 Å². The summed E-state index contributed by atoms with van der Waals surface area (Å²) in [5.41, 5.74) is 10.5. The van der Waals surface area contributed by atoms with Crippen molar-refractivity contribution in [1.29, 1.82) is 0 Å². The van der Waals surface area contributed by atoms with Crippen molar-refractivity contribution in [2.24, 2.45) is 0 Å². The number of benzene rings is 3. The Kier molecular flexibility index (Phi) is 5.67. The third-order valence-corrected chi connectivity index (χ3v) is 5.88. The number of halogens is 1. The molecule has 0 unspecified atom stereocenters. The van der Waals surface area contributed by atoms with Crippen LogP contribution in [-0.2, 0) is 6.42 Å². The summed E-state index contributed by atoms with van der Waals surface area (Å²) in [7, 11) is 0. The number of fused-ring (bicyclic) bond motifs is 2. The molecular formula is C27H24FN5O. The van der Waals surface area contributed by atoms with Crippen molar-refractivity contribution < 1.29 is 9.18 Å². The molecule has 0 aliphatic rings. The molecule has 7 heteroatoms. The minimum atomic E-state index is -0.409. The van der Waals surface area contributed by atoms with Crippen molar-refractivity contribution in [3.63, 3.8) is 0 Å². The van der Waals surface area contributed by atoms with E-state index in [9.17, 15) is 9.18 Å². The minimum Gasteiger partial charge on any atom is -0.384 e. The van der Waals surface area contributed by atoms with Crippen molar-refractivity contribution in [3.05, 3.63) is 95.8 Å². The van der Waals surface area contributed by atoms with Crippen LogP contribution in [0.4, 0.5) is 10.2 Å². The number of nitrogen functional groups attached to an aromatic ring is 1. The molecule has 0 bridgehead atoms. The zero-order chi connectivity index (χ0) is 23.7. The number of nitrogens with two attached hydrogens (primary N) is 1. The number of aromatic nitrogens is 3. The lowest BCUT2D eigenvalue weighted by atomic mass is 10.1. The largest absolute Gasteiger partial charge is 0.384 e. The van der Waals surface area contributed by atoms with E-state index in [2.05, 4.69) is 17.4 Å². The second-order valence-corrected chi connectivity index (χ2v) is 8.36. The van der Waals surface area contributed by atoms with Gasteiger partial charge in [-0.25, -0.2) is 14.4 Å². The normalized spacial score (nSPS) is 12.2. The van der Waals surface area contributed by atoms with Gasteiger partial charge in [-0.05, 0) is 55.7 Å². The van der Waals surface area contributed by atoms with Gasteiger partial charge in [0.2, 0.25) is 0 Å². The zero-order valence-electron chi connectivity index (χ0n) is 18.7. The number of anilines is 1. The van der Waals surface area contributed by atoms with Gasteiger partial charge in [0.05, 0.1) is 16.7 Å². The van der Waals surface area contributed by atoms with E-state index in [-0.39, 0.29) is 23.3 Å². The number of rotatable bonds is 6. The van der Waals surface area contributed by atoms with Crippen LogP contribution in [0.3, 0.4) is 0 Å². The number of para-hydroxylation sites is 2. The monoisotopic (exact) mass is 453 g/mol. The van der Waals surface area contributed by atoms with Crippen LogP contribution in [0.2, 0.25) is 0 Å². The molecule has 3 N–H and O–H groups in total. The zero-order valence-corrected chi connectivity index (χ0v) is 18.7. The molecule has 34 heavy (non-hydrogen) atoms. The minimum absolute atomic E-state index is 0.0897. The molecule has 6 nitrogen and oxygen atoms in total. The maximum atomic E-state index is 14.0. The second-order valence-electron chi connectivity index (χ2n) is 8.36. The van der Waals surface area contributed by atoms with Gasteiger partial charge in [0.25, 0.3) is 5.91 Å². The van der Waals surface area contributed by atoms with Crippen LogP contribution in [0, 0.1) is 5.82 Å². The lowest BCUT2D eigenvalue weighted by Crippen LogP contribution is -2.33. The first-order valence-corrected chi connectivity index (χ1v) is 11.2. The molecule has 0 saturated heterocycles. The molecule has 0 spiro atoms. The van der Waals surface area contributed by atoms with Crippen LogP contribution >= 0.6 is 0 Å². The molecule has 170 valence electrons. The fourth-order valence-electron chi connectivity index (χ4n) is 4.16. The van der Waals surface area contributed by atoms with Gasteiger partial charge >= 0.3 is 0 Å². The Bertz CT molecular complexity index is 1500. The third kappa shape index (κ3) is 4.08. The van der Waals surface area contributed by atoms with Crippen LogP contribution < -0.4 is 11.1 Å². The smallest absolute Gasteiger partial charge is 0.257 e. The van der Waals surface area contributed by atoms with Gasteiger partial charge in [-0.3, -0.25) is 9.36 Å². The Balaban J connectivity index is 1.55. The number of carbonyl (C=O) groups excluding carboxylic acids is 1. The van der Waals surface area contributed by atoms with Crippen molar-refractivity contribution >= 4 is 33.9 Å². The summed E-state index contributed by atoms with van der Waals surface area (Å²) in [6.07, 6.45) is 1.61. The molecular weight excluding hydrogens is 429 g/mol. The summed E-state index contributed by atoms with van der Waals surface area (Å²) in [6, 6.07) is 23.5. The van der Waals surface area contributed by atoms with Gasteiger partial charge in [-0.2, -0.15) is 0 Å². The summed E-state index contributed by atoms with van der Waals surface area (Å²) < 4.78 is 15.6. The van der Waals surface area contributed by atoms with Gasteiger partial charge in [0, 0.05) is 6.04 Å². The van der Waals surface area contributed by atoms with E-state index in [1.807, 2.05) is 49.4 Å². The van der Waals surface area contributed by atoms with Crippen molar-refractivity contribution in [2.45, 2.75) is 25.8 Å². The van der Waals surface area contributed by atoms with Gasteiger partial charge in [-0.1, -0.05) is 48.5 Å². The first-order valence-electron chi connectivity index (χ1n) is 11.2. The molecule has 0 aliphatic heterocycles. The van der Waals surface area contributed by atoms with Crippen LogP contribution in [0.25, 0.3) is 27.9 Å². The van der Waals surface area contributed by atoms with E-state index < -0.39 is 5.82 Å². The Labute approximate surface area is 196 Å². The van der Waals surface area contributed by atoms with Crippen LogP contribution in [-0.4, -0.2) is 26.5 Å². The second kappa shape index (κ2) is 8.94. The lowest BCUT2D eigenvalue weighted by Gasteiger charge is -2.14. The maximum absolute atomic E-state index is 14.0. The molecule has 1 atom stereocenters. The Hall–Kier alpha value is -4.26. The number of aryl methyl sites for hydroxylation is 1. The van der Waals surface area contributed by atoms with E-state index in [1.54, 1.807) is 16.7 Å². The highest BCUT2D eigenvalue weighted by atomic mass is 19.1. The van der Waals surface area contributed by atoms with E-state index in [1.165, 1.54) is 17.7 Å². The van der Waals surface area contributed by atoms with E-state index in [0.29, 0.717) is 27.9 Å². The maximum Gasteiger partial charge on any atom is 0.257 e. The summed E-state index contributed by atoms with van der Waals surface area (Å²) in [4.78, 5) is 22.8. The summed E-state index contributed by atoms with van der Waals surface area (Å²) in [5.74, 6) is -0.570. The van der Waals surface area contributed by atoms with E-state index >= 15 is 0 Å². The number of hydrogen-bond donors (Lipinski definition) is 2. The van der Waals surface area contributed by atoms with E-state index in [4.69, 9.17) is 15.7 Å². The van der Waals surface area contributed by atoms with Gasteiger partial charge in [0.15, 0.2) is 5.65 Å². The predicted molar refractivity (Wildman–Crippen MR) is 132 cm³/mol. The van der Waals surface area contributed by atoms with Crippen LogP contribution in [0.5, 0.6) is 0 Å². The third-order valence-electron chi connectivity index (χ3n) is 5.88. The first-order chi connectivity index (χ1) is 16.5. The Morgan fingerprint density at radius 3 is 2.44 bits per heavy atom. The SMILES string of the molecule is C[C@H](CCc1ccccc1)NC(=O)c1c(N)n(-c2cccc(F)c2)c2nc3ccccc3nc12.